The number of aromatic carboxylic acids is 1. The zero-order valence-corrected chi connectivity index (χ0v) is 12.5. The minimum Gasteiger partial charge on any atom is -0.475 e. The van der Waals surface area contributed by atoms with E-state index in [1.54, 1.807) is 11.3 Å². The monoisotopic (exact) mass is 311 g/mol. The molecule has 1 N–H and O–H groups in total. The maximum absolute atomic E-state index is 11.1. The molecule has 0 bridgehead atoms. The van der Waals surface area contributed by atoms with Crippen LogP contribution in [0.2, 0.25) is 0 Å². The number of carboxylic acids is 1. The summed E-state index contributed by atoms with van der Waals surface area (Å²) in [5.41, 5.74) is 1.64. The largest absolute Gasteiger partial charge is 0.475 e. The molecule has 0 radical (unpaired) electrons. The van der Waals surface area contributed by atoms with Gasteiger partial charge < -0.3 is 14.3 Å². The smallest absolute Gasteiger partial charge is 0.373 e. The minimum absolute atomic E-state index is 0.131. The maximum Gasteiger partial charge on any atom is 0.373 e. The van der Waals surface area contributed by atoms with Crippen molar-refractivity contribution in [1.29, 1.82) is 0 Å². The highest BCUT2D eigenvalue weighted by molar-refractivity contribution is 7.98. The summed E-state index contributed by atoms with van der Waals surface area (Å²) < 4.78 is 10.4. The Balaban J connectivity index is 1.99. The molecule has 0 saturated heterocycles. The van der Waals surface area contributed by atoms with E-state index in [4.69, 9.17) is 14.3 Å². The zero-order chi connectivity index (χ0) is 14.1. The fourth-order valence-corrected chi connectivity index (χ4v) is 4.41. The summed E-state index contributed by atoms with van der Waals surface area (Å²) in [5.74, 6) is 1.26. The first-order chi connectivity index (χ1) is 9.69. The molecule has 3 rings (SSSR count). The maximum atomic E-state index is 11.1. The average molecular weight is 311 g/mol. The summed E-state index contributed by atoms with van der Waals surface area (Å²) in [7, 11) is 1.50. The van der Waals surface area contributed by atoms with E-state index in [2.05, 4.69) is 11.1 Å². The summed E-state index contributed by atoms with van der Waals surface area (Å²) in [6, 6.07) is 2.06. The highest BCUT2D eigenvalue weighted by Crippen LogP contribution is 2.37. The number of aromatic nitrogens is 1. The van der Waals surface area contributed by atoms with Crippen molar-refractivity contribution in [3.05, 3.63) is 28.0 Å². The Labute approximate surface area is 124 Å². The van der Waals surface area contributed by atoms with Crippen LogP contribution in [0.4, 0.5) is 0 Å². The van der Waals surface area contributed by atoms with Crippen LogP contribution in [0, 0.1) is 0 Å². The van der Waals surface area contributed by atoms with Gasteiger partial charge in [0.15, 0.2) is 0 Å². The van der Waals surface area contributed by atoms with Crippen molar-refractivity contribution in [1.82, 2.24) is 4.98 Å². The van der Waals surface area contributed by atoms with Crippen LogP contribution < -0.4 is 0 Å². The molecule has 2 aromatic rings. The van der Waals surface area contributed by atoms with Crippen molar-refractivity contribution in [3.8, 4) is 10.8 Å². The van der Waals surface area contributed by atoms with Crippen LogP contribution in [-0.2, 0) is 23.5 Å². The molecule has 106 valence electrons. The molecular weight excluding hydrogens is 298 g/mol. The summed E-state index contributed by atoms with van der Waals surface area (Å²) in [6.45, 7) is 0.131. The van der Waals surface area contributed by atoms with Crippen LogP contribution >= 0.6 is 23.1 Å². The first kappa shape index (κ1) is 13.7. The van der Waals surface area contributed by atoms with Gasteiger partial charge in [-0.2, -0.15) is 11.8 Å². The molecule has 1 aliphatic heterocycles. The average Bonchev–Trinajstić information content (AvgIpc) is 3.02. The van der Waals surface area contributed by atoms with E-state index in [0.717, 1.165) is 22.8 Å². The van der Waals surface area contributed by atoms with Gasteiger partial charge in [-0.05, 0) is 23.8 Å². The van der Waals surface area contributed by atoms with Gasteiger partial charge in [-0.25, -0.2) is 9.78 Å². The number of thiophene rings is 1. The predicted molar refractivity (Wildman–Crippen MR) is 77.4 cm³/mol. The topological polar surface area (TPSA) is 72.6 Å². The second-order valence-corrected chi connectivity index (χ2v) is 6.64. The summed E-state index contributed by atoms with van der Waals surface area (Å²) in [6.07, 6.45) is 1.06. The van der Waals surface area contributed by atoms with Crippen molar-refractivity contribution in [2.45, 2.75) is 18.8 Å². The number of thioether (sulfide) groups is 1. The van der Waals surface area contributed by atoms with Gasteiger partial charge in [-0.15, -0.1) is 11.3 Å². The Bertz CT molecular complexity index is 623. The van der Waals surface area contributed by atoms with Crippen molar-refractivity contribution >= 4 is 29.1 Å². The van der Waals surface area contributed by atoms with Crippen LogP contribution in [0.5, 0.6) is 0 Å². The predicted octanol–water partition coefficient (Wildman–Crippen LogP) is 3.04. The fourth-order valence-electron chi connectivity index (χ4n) is 2.11. The SMILES string of the molecule is COCc1nc(-c2cc3c(s2)CCSC3)oc1C(=O)O. The molecule has 7 heteroatoms. The lowest BCUT2D eigenvalue weighted by Gasteiger charge is -2.08. The third kappa shape index (κ3) is 2.48. The van der Waals surface area contributed by atoms with Gasteiger partial charge in [-0.1, -0.05) is 0 Å². The van der Waals surface area contributed by atoms with Gasteiger partial charge >= 0.3 is 5.97 Å². The Morgan fingerprint density at radius 2 is 2.45 bits per heavy atom. The third-order valence-electron chi connectivity index (χ3n) is 3.01. The van der Waals surface area contributed by atoms with E-state index in [0.29, 0.717) is 11.6 Å². The first-order valence-corrected chi connectivity index (χ1v) is 8.07. The molecule has 0 spiro atoms. The van der Waals surface area contributed by atoms with Gasteiger partial charge in [-0.3, -0.25) is 0 Å². The van der Waals surface area contributed by atoms with E-state index >= 15 is 0 Å². The quantitative estimate of drug-likeness (QED) is 0.935. The van der Waals surface area contributed by atoms with Gasteiger partial charge in [0, 0.05) is 17.7 Å². The summed E-state index contributed by atoms with van der Waals surface area (Å²) >= 11 is 3.55. The van der Waals surface area contributed by atoms with E-state index < -0.39 is 5.97 Å². The van der Waals surface area contributed by atoms with Crippen LogP contribution in [0.3, 0.4) is 0 Å². The van der Waals surface area contributed by atoms with Gasteiger partial charge in [0.25, 0.3) is 0 Å². The molecule has 2 aromatic heterocycles. The molecule has 0 amide bonds. The zero-order valence-electron chi connectivity index (χ0n) is 10.8. The van der Waals surface area contributed by atoms with Crippen LogP contribution in [0.25, 0.3) is 10.8 Å². The molecule has 0 unspecified atom stereocenters. The van der Waals surface area contributed by atoms with Gasteiger partial charge in [0.1, 0.15) is 5.69 Å². The molecule has 0 saturated carbocycles. The van der Waals surface area contributed by atoms with E-state index in [1.807, 2.05) is 11.8 Å². The highest BCUT2D eigenvalue weighted by atomic mass is 32.2. The van der Waals surface area contributed by atoms with E-state index in [-0.39, 0.29) is 12.4 Å². The Kier molecular flexibility index (Phi) is 3.82. The number of carboxylic acid groups (broad SMARTS) is 1. The number of carbonyl (C=O) groups is 1. The second kappa shape index (κ2) is 5.59. The molecule has 5 nitrogen and oxygen atoms in total. The number of methoxy groups -OCH3 is 1. The molecule has 1 aliphatic rings. The Morgan fingerprint density at radius 3 is 3.15 bits per heavy atom. The molecule has 0 aromatic carbocycles. The van der Waals surface area contributed by atoms with Gasteiger partial charge in [0.05, 0.1) is 11.5 Å². The molecule has 0 fully saturated rings. The number of ether oxygens (including phenoxy) is 1. The highest BCUT2D eigenvalue weighted by Gasteiger charge is 2.23. The number of hydrogen-bond donors (Lipinski definition) is 1. The molecular formula is C13H13NO4S2. The molecule has 3 heterocycles. The van der Waals surface area contributed by atoms with Gasteiger partial charge in [0.2, 0.25) is 11.7 Å². The van der Waals surface area contributed by atoms with E-state index in [9.17, 15) is 4.79 Å². The number of aryl methyl sites for hydroxylation is 1. The van der Waals surface area contributed by atoms with Crippen molar-refractivity contribution in [3.63, 3.8) is 0 Å². The number of fused-ring (bicyclic) bond motifs is 1. The van der Waals surface area contributed by atoms with Crippen molar-refractivity contribution in [2.24, 2.45) is 0 Å². The minimum atomic E-state index is -1.12. The van der Waals surface area contributed by atoms with Crippen LogP contribution in [0.15, 0.2) is 10.5 Å². The lowest BCUT2D eigenvalue weighted by atomic mass is 10.2. The molecule has 0 aliphatic carbocycles. The Morgan fingerprint density at radius 1 is 1.60 bits per heavy atom. The lowest BCUT2D eigenvalue weighted by molar-refractivity contribution is 0.0656. The lowest BCUT2D eigenvalue weighted by Crippen LogP contribution is -2.00. The first-order valence-electron chi connectivity index (χ1n) is 6.10. The summed E-state index contributed by atoms with van der Waals surface area (Å²) in [4.78, 5) is 17.7. The summed E-state index contributed by atoms with van der Waals surface area (Å²) in [5, 5.41) is 9.13. The number of oxazole rings is 1. The number of hydrogen-bond acceptors (Lipinski definition) is 6. The van der Waals surface area contributed by atoms with Crippen LogP contribution in [-0.4, -0.2) is 28.9 Å². The number of rotatable bonds is 4. The van der Waals surface area contributed by atoms with Crippen molar-refractivity contribution in [2.75, 3.05) is 12.9 Å². The van der Waals surface area contributed by atoms with Crippen LogP contribution in [0.1, 0.15) is 26.7 Å². The Hall–Kier alpha value is -1.31. The van der Waals surface area contributed by atoms with E-state index in [1.165, 1.54) is 17.6 Å². The second-order valence-electron chi connectivity index (χ2n) is 4.39. The third-order valence-corrected chi connectivity index (χ3v) is 5.24. The standard InChI is InChI=1S/C13H13NO4S2/c1-17-5-8-11(13(15)16)18-12(14-8)10-4-7-6-19-3-2-9(7)20-10/h4H,2-3,5-6H2,1H3,(H,15,16). The molecule has 0 atom stereocenters. The number of nitrogens with zero attached hydrogens (tertiary/aromatic N) is 1. The normalized spacial score (nSPS) is 14.2. The molecule has 20 heavy (non-hydrogen) atoms. The fraction of sp³-hybridized carbons (Fsp3) is 0.385. The van der Waals surface area contributed by atoms with Crippen molar-refractivity contribution < 1.29 is 19.1 Å².